The van der Waals surface area contributed by atoms with E-state index >= 15 is 0 Å². The monoisotopic (exact) mass is 447 g/mol. The fraction of sp³-hybridized carbons (Fsp3) is 0.750. The van der Waals surface area contributed by atoms with Crippen molar-refractivity contribution in [1.29, 1.82) is 0 Å². The van der Waals surface area contributed by atoms with Crippen LogP contribution in [0, 0.1) is 29.6 Å². The maximum Gasteiger partial charge on any atom is 1.00 e. The molecule has 0 fully saturated rings. The minimum absolute atomic E-state index is 0. The van der Waals surface area contributed by atoms with Crippen LogP contribution in [0.3, 0.4) is 0 Å². The van der Waals surface area contributed by atoms with E-state index in [9.17, 15) is 24.9 Å². The number of carbonyl (C=O) groups excluding carboxylic acids is 2. The van der Waals surface area contributed by atoms with Gasteiger partial charge in [0.05, 0.1) is 18.1 Å². The SMILES string of the molecule is [2H]C([2H])([2H])[C@@H](CC)C(=O)O[C@H]1C[C@@H](C)C=C2C=C[C@H](C)[C@H](CC[C@@H](O)C[C@@H](O)CC(=O)[O-])[C@H]21.[Na+]. The number of aliphatic hydroxyl groups is 2. The van der Waals surface area contributed by atoms with Gasteiger partial charge in [0.15, 0.2) is 0 Å². The molecule has 6 nitrogen and oxygen atoms in total. The molecule has 0 spiro atoms. The molecule has 2 aliphatic rings. The van der Waals surface area contributed by atoms with E-state index in [1.54, 1.807) is 6.92 Å². The van der Waals surface area contributed by atoms with Crippen molar-refractivity contribution in [3.8, 4) is 0 Å². The summed E-state index contributed by atoms with van der Waals surface area (Å²) in [5, 5.41) is 30.7. The number of hydrogen-bond donors (Lipinski definition) is 2. The maximum absolute atomic E-state index is 12.8. The molecule has 0 heterocycles. The quantitative estimate of drug-likeness (QED) is 0.342. The van der Waals surface area contributed by atoms with Crippen molar-refractivity contribution in [2.75, 3.05) is 0 Å². The Kier molecular flexibility index (Phi) is 9.96. The van der Waals surface area contributed by atoms with Gasteiger partial charge in [0.25, 0.3) is 0 Å². The number of carboxylic acid groups (broad SMARTS) is 1. The number of carbonyl (C=O) groups is 2. The van der Waals surface area contributed by atoms with Crippen LogP contribution < -0.4 is 34.7 Å². The molecular weight excluding hydrogens is 407 g/mol. The summed E-state index contributed by atoms with van der Waals surface area (Å²) in [6, 6.07) is 0. The molecule has 0 bridgehead atoms. The van der Waals surface area contributed by atoms with Crippen molar-refractivity contribution in [3.05, 3.63) is 23.8 Å². The van der Waals surface area contributed by atoms with Crippen molar-refractivity contribution in [2.45, 2.75) is 84.5 Å². The van der Waals surface area contributed by atoms with Gasteiger partial charge < -0.3 is 24.9 Å². The zero-order chi connectivity index (χ0) is 24.9. The van der Waals surface area contributed by atoms with E-state index in [0.717, 1.165) is 5.57 Å². The van der Waals surface area contributed by atoms with Crippen LogP contribution in [0.5, 0.6) is 0 Å². The fourth-order valence-electron chi connectivity index (χ4n) is 4.71. The van der Waals surface area contributed by atoms with E-state index in [4.69, 9.17) is 8.85 Å². The van der Waals surface area contributed by atoms with Gasteiger partial charge in [-0.15, -0.1) is 0 Å². The molecule has 0 aliphatic heterocycles. The molecule has 0 amide bonds. The van der Waals surface area contributed by atoms with Gasteiger partial charge in [-0.25, -0.2) is 0 Å². The molecule has 0 aromatic rings. The predicted molar refractivity (Wildman–Crippen MR) is 112 cm³/mol. The Morgan fingerprint density at radius 3 is 2.65 bits per heavy atom. The first-order valence-corrected chi connectivity index (χ1v) is 11.0. The smallest absolute Gasteiger partial charge is 0.550 e. The van der Waals surface area contributed by atoms with Gasteiger partial charge in [-0.05, 0) is 55.4 Å². The van der Waals surface area contributed by atoms with Gasteiger partial charge in [-0.3, -0.25) is 4.79 Å². The van der Waals surface area contributed by atoms with E-state index in [1.807, 2.05) is 13.0 Å². The Bertz CT molecular complexity index is 753. The standard InChI is InChI=1S/C24H38O6.Na/c1-5-15(3)24(29)30-21-11-14(2)10-17-7-6-16(4)20(23(17)21)9-8-18(25)12-19(26)13-22(27)28;/h6-7,10,14-16,18-21,23,25-26H,5,8-9,11-13H2,1-4H3,(H,27,28);/q;+1/p-1/t14-,15-,16-,18+,19+,20-,21-,23-;/m0./s1/i3D3;. The Morgan fingerprint density at radius 1 is 1.32 bits per heavy atom. The maximum atomic E-state index is 12.8. The number of aliphatic carboxylic acids is 1. The molecule has 2 rings (SSSR count). The second kappa shape index (κ2) is 13.1. The first-order chi connectivity index (χ1) is 15.3. The van der Waals surface area contributed by atoms with E-state index < -0.39 is 49.4 Å². The summed E-state index contributed by atoms with van der Waals surface area (Å²) >= 11 is 0. The van der Waals surface area contributed by atoms with Crippen LogP contribution in [0.4, 0.5) is 0 Å². The summed E-state index contributed by atoms with van der Waals surface area (Å²) in [7, 11) is 0. The average Bonchev–Trinajstić information content (AvgIpc) is 2.65. The van der Waals surface area contributed by atoms with Crippen LogP contribution in [-0.4, -0.2) is 40.5 Å². The molecule has 170 valence electrons. The number of rotatable bonds is 10. The molecule has 0 aromatic heterocycles. The summed E-state index contributed by atoms with van der Waals surface area (Å²) in [5.41, 5.74) is 1.06. The Labute approximate surface area is 212 Å². The van der Waals surface area contributed by atoms with Crippen LogP contribution in [-0.2, 0) is 14.3 Å². The third-order valence-electron chi connectivity index (χ3n) is 6.34. The van der Waals surface area contributed by atoms with Gasteiger partial charge in [0.2, 0.25) is 0 Å². The van der Waals surface area contributed by atoms with Crippen molar-refractivity contribution in [3.63, 3.8) is 0 Å². The summed E-state index contributed by atoms with van der Waals surface area (Å²) in [5.74, 6) is -2.96. The largest absolute Gasteiger partial charge is 1.00 e. The molecular formula is C24H37NaO6. The van der Waals surface area contributed by atoms with Crippen LogP contribution in [0.1, 0.15) is 70.3 Å². The Balaban J connectivity index is 0.00000578. The van der Waals surface area contributed by atoms with E-state index in [1.165, 1.54) is 0 Å². The van der Waals surface area contributed by atoms with Gasteiger partial charge in [-0.2, -0.15) is 0 Å². The molecule has 7 heteroatoms. The Morgan fingerprint density at radius 2 is 2.03 bits per heavy atom. The van der Waals surface area contributed by atoms with Gasteiger partial charge in [-0.1, -0.05) is 45.9 Å². The van der Waals surface area contributed by atoms with Gasteiger partial charge >= 0.3 is 35.5 Å². The molecule has 31 heavy (non-hydrogen) atoms. The second-order valence-electron chi connectivity index (χ2n) is 8.92. The topological polar surface area (TPSA) is 107 Å². The number of carboxylic acids is 1. The van der Waals surface area contributed by atoms with E-state index in [-0.39, 0.29) is 66.1 Å². The fourth-order valence-corrected chi connectivity index (χ4v) is 4.71. The summed E-state index contributed by atoms with van der Waals surface area (Å²) in [6.45, 7) is 3.34. The number of fused-ring (bicyclic) bond motifs is 1. The normalized spacial score (nSPS) is 32.1. The second-order valence-corrected chi connectivity index (χ2v) is 8.92. The molecule has 2 aliphatic carbocycles. The van der Waals surface area contributed by atoms with Crippen molar-refractivity contribution in [2.24, 2.45) is 29.6 Å². The minimum atomic E-state index is -2.42. The zero-order valence-corrected chi connectivity index (χ0v) is 21.1. The molecule has 2 N–H and O–H groups in total. The number of allylic oxidation sites excluding steroid dienone is 3. The van der Waals surface area contributed by atoms with Crippen LogP contribution >= 0.6 is 0 Å². The summed E-state index contributed by atoms with van der Waals surface area (Å²) in [4.78, 5) is 23.4. The third kappa shape index (κ3) is 8.32. The molecule has 0 unspecified atom stereocenters. The number of aliphatic hydroxyl groups excluding tert-OH is 2. The number of ether oxygens (including phenoxy) is 1. The van der Waals surface area contributed by atoms with Gasteiger partial charge in [0.1, 0.15) is 6.10 Å². The van der Waals surface area contributed by atoms with Crippen LogP contribution in [0.15, 0.2) is 23.8 Å². The zero-order valence-electron chi connectivity index (χ0n) is 22.1. The molecule has 0 aromatic carbocycles. The van der Waals surface area contributed by atoms with Crippen molar-refractivity contribution < 1.29 is 63.3 Å². The molecule has 0 radical (unpaired) electrons. The van der Waals surface area contributed by atoms with Crippen LogP contribution in [0.25, 0.3) is 0 Å². The summed E-state index contributed by atoms with van der Waals surface area (Å²) < 4.78 is 28.8. The summed E-state index contributed by atoms with van der Waals surface area (Å²) in [6.07, 6.45) is 4.96. The van der Waals surface area contributed by atoms with Crippen LogP contribution in [0.2, 0.25) is 0 Å². The number of hydrogen-bond acceptors (Lipinski definition) is 6. The number of esters is 1. The Hall–Kier alpha value is -0.660. The third-order valence-corrected chi connectivity index (χ3v) is 6.34. The first-order valence-electron chi connectivity index (χ1n) is 12.5. The van der Waals surface area contributed by atoms with E-state index in [2.05, 4.69) is 19.1 Å². The molecule has 0 saturated carbocycles. The minimum Gasteiger partial charge on any atom is -0.550 e. The predicted octanol–water partition coefficient (Wildman–Crippen LogP) is -0.615. The molecule has 8 atom stereocenters. The van der Waals surface area contributed by atoms with Crippen molar-refractivity contribution in [1.82, 2.24) is 0 Å². The van der Waals surface area contributed by atoms with E-state index in [0.29, 0.717) is 19.3 Å². The average molecular weight is 448 g/mol. The van der Waals surface area contributed by atoms with Gasteiger partial charge in [0, 0.05) is 22.4 Å². The first kappa shape index (κ1) is 23.5. The van der Waals surface area contributed by atoms with Crippen molar-refractivity contribution >= 4 is 11.9 Å². The molecule has 0 saturated heterocycles.